The van der Waals surface area contributed by atoms with Crippen LogP contribution in [0.4, 0.5) is 0 Å². The summed E-state index contributed by atoms with van der Waals surface area (Å²) in [5.41, 5.74) is 7.17. The fourth-order valence-corrected chi connectivity index (χ4v) is 1.49. The number of aliphatic carboxylic acids is 1. The first-order valence-electron chi connectivity index (χ1n) is 5.13. The monoisotopic (exact) mass is 223 g/mol. The van der Waals surface area contributed by atoms with Gasteiger partial charge in [0.25, 0.3) is 0 Å². The fourth-order valence-electron chi connectivity index (χ4n) is 1.49. The second-order valence-electron chi connectivity index (χ2n) is 3.97. The Labute approximate surface area is 95.0 Å². The van der Waals surface area contributed by atoms with Crippen molar-refractivity contribution in [1.29, 1.82) is 0 Å². The van der Waals surface area contributed by atoms with Gasteiger partial charge in [-0.25, -0.2) is 0 Å². The smallest absolute Gasteiger partial charge is 0.325 e. The zero-order valence-corrected chi connectivity index (χ0v) is 9.73. The molecule has 3 N–H and O–H groups in total. The van der Waals surface area contributed by atoms with E-state index in [0.29, 0.717) is 17.2 Å². The van der Waals surface area contributed by atoms with Crippen molar-refractivity contribution in [3.05, 3.63) is 29.3 Å². The van der Waals surface area contributed by atoms with Crippen molar-refractivity contribution < 1.29 is 14.6 Å². The number of benzene rings is 1. The molecule has 4 heteroatoms. The quantitative estimate of drug-likeness (QED) is 0.817. The van der Waals surface area contributed by atoms with E-state index in [-0.39, 0.29) is 0 Å². The van der Waals surface area contributed by atoms with E-state index < -0.39 is 12.0 Å². The predicted molar refractivity (Wildman–Crippen MR) is 61.6 cm³/mol. The molecule has 0 fully saturated rings. The second kappa shape index (κ2) is 4.99. The summed E-state index contributed by atoms with van der Waals surface area (Å²) in [6, 6.07) is 4.42. The molecular weight excluding hydrogens is 206 g/mol. The van der Waals surface area contributed by atoms with Gasteiger partial charge in [-0.2, -0.15) is 0 Å². The molecule has 0 aliphatic rings. The highest BCUT2D eigenvalue weighted by molar-refractivity contribution is 5.76. The molecule has 0 bridgehead atoms. The third-order valence-corrected chi connectivity index (χ3v) is 2.52. The van der Waals surface area contributed by atoms with Crippen molar-refractivity contribution in [2.75, 3.05) is 7.11 Å². The lowest BCUT2D eigenvalue weighted by molar-refractivity contribution is -0.138. The number of nitrogens with two attached hydrogens (primary N) is 1. The van der Waals surface area contributed by atoms with Crippen molar-refractivity contribution in [2.24, 2.45) is 5.73 Å². The maximum Gasteiger partial charge on any atom is 0.325 e. The van der Waals surface area contributed by atoms with Crippen molar-refractivity contribution in [2.45, 2.75) is 25.8 Å². The molecular formula is C12H17NO3. The van der Waals surface area contributed by atoms with E-state index in [9.17, 15) is 4.79 Å². The first kappa shape index (κ1) is 12.5. The number of carboxylic acids is 1. The minimum atomic E-state index is -1.06. The SMILES string of the molecule is COc1ccc(C(C)C)cc1C(N)C(=O)O. The summed E-state index contributed by atoms with van der Waals surface area (Å²) in [5.74, 6) is -0.218. The molecule has 16 heavy (non-hydrogen) atoms. The Morgan fingerprint density at radius 1 is 1.44 bits per heavy atom. The first-order valence-corrected chi connectivity index (χ1v) is 5.13. The third-order valence-electron chi connectivity index (χ3n) is 2.52. The number of hydrogen-bond donors (Lipinski definition) is 2. The van der Waals surface area contributed by atoms with Crippen molar-refractivity contribution in [1.82, 2.24) is 0 Å². The molecule has 88 valence electrons. The van der Waals surface area contributed by atoms with Gasteiger partial charge >= 0.3 is 5.97 Å². The lowest BCUT2D eigenvalue weighted by atomic mass is 9.97. The first-order chi connectivity index (χ1) is 7.47. The Morgan fingerprint density at radius 2 is 2.06 bits per heavy atom. The van der Waals surface area contributed by atoms with Crippen LogP contribution in [0.25, 0.3) is 0 Å². The minimum absolute atomic E-state index is 0.325. The average molecular weight is 223 g/mol. The summed E-state index contributed by atoms with van der Waals surface area (Å²) in [6.07, 6.45) is 0. The molecule has 0 aromatic heterocycles. The van der Waals surface area contributed by atoms with Crippen LogP contribution >= 0.6 is 0 Å². The van der Waals surface area contributed by atoms with E-state index in [1.54, 1.807) is 12.1 Å². The highest BCUT2D eigenvalue weighted by Crippen LogP contribution is 2.28. The van der Waals surface area contributed by atoms with Crippen molar-refractivity contribution in [3.63, 3.8) is 0 Å². The maximum absolute atomic E-state index is 10.9. The van der Waals surface area contributed by atoms with Gasteiger partial charge in [-0.3, -0.25) is 4.79 Å². The molecule has 0 radical (unpaired) electrons. The van der Waals surface area contributed by atoms with E-state index in [2.05, 4.69) is 0 Å². The van der Waals surface area contributed by atoms with E-state index in [4.69, 9.17) is 15.6 Å². The van der Waals surface area contributed by atoms with Gasteiger partial charge in [-0.1, -0.05) is 19.9 Å². The number of carboxylic acid groups (broad SMARTS) is 1. The second-order valence-corrected chi connectivity index (χ2v) is 3.97. The summed E-state index contributed by atoms with van der Waals surface area (Å²) >= 11 is 0. The summed E-state index contributed by atoms with van der Waals surface area (Å²) in [7, 11) is 1.50. The molecule has 1 rings (SSSR count). The summed E-state index contributed by atoms with van der Waals surface area (Å²) in [6.45, 7) is 4.08. The van der Waals surface area contributed by atoms with Gasteiger partial charge in [0.1, 0.15) is 11.8 Å². The Balaban J connectivity index is 3.21. The molecule has 1 aromatic carbocycles. The fraction of sp³-hybridized carbons (Fsp3) is 0.417. The lowest BCUT2D eigenvalue weighted by Gasteiger charge is -2.15. The van der Waals surface area contributed by atoms with Crippen LogP contribution in [0.5, 0.6) is 5.75 Å². The van der Waals surface area contributed by atoms with Crippen LogP contribution in [-0.2, 0) is 4.79 Å². The molecule has 1 unspecified atom stereocenters. The van der Waals surface area contributed by atoms with Crippen LogP contribution in [0.1, 0.15) is 36.9 Å². The number of carbonyl (C=O) groups is 1. The van der Waals surface area contributed by atoms with E-state index >= 15 is 0 Å². The molecule has 1 atom stereocenters. The molecule has 4 nitrogen and oxygen atoms in total. The Bertz CT molecular complexity index is 388. The summed E-state index contributed by atoms with van der Waals surface area (Å²) in [4.78, 5) is 10.9. The van der Waals surface area contributed by atoms with Gasteiger partial charge in [-0.05, 0) is 23.6 Å². The molecule has 0 aliphatic heterocycles. The number of hydrogen-bond acceptors (Lipinski definition) is 3. The number of ether oxygens (including phenoxy) is 1. The van der Waals surface area contributed by atoms with Crippen molar-refractivity contribution in [3.8, 4) is 5.75 Å². The Hall–Kier alpha value is -1.55. The lowest BCUT2D eigenvalue weighted by Crippen LogP contribution is -2.21. The minimum Gasteiger partial charge on any atom is -0.496 e. The van der Waals surface area contributed by atoms with Crippen LogP contribution < -0.4 is 10.5 Å². The molecule has 0 heterocycles. The van der Waals surface area contributed by atoms with Crippen molar-refractivity contribution >= 4 is 5.97 Å². The van der Waals surface area contributed by atoms with Gasteiger partial charge in [0.05, 0.1) is 7.11 Å². The normalized spacial score (nSPS) is 12.6. The molecule has 0 aliphatic carbocycles. The molecule has 0 spiro atoms. The van der Waals surface area contributed by atoms with Gasteiger partial charge in [-0.15, -0.1) is 0 Å². The zero-order valence-electron chi connectivity index (χ0n) is 9.73. The number of rotatable bonds is 4. The van der Waals surface area contributed by atoms with E-state index in [0.717, 1.165) is 5.56 Å². The molecule has 0 saturated heterocycles. The highest BCUT2D eigenvalue weighted by atomic mass is 16.5. The maximum atomic E-state index is 10.9. The molecule has 0 amide bonds. The van der Waals surface area contributed by atoms with Crippen LogP contribution in [0.3, 0.4) is 0 Å². The largest absolute Gasteiger partial charge is 0.496 e. The predicted octanol–water partition coefficient (Wildman–Crippen LogP) is 1.90. The molecule has 0 saturated carbocycles. The van der Waals surface area contributed by atoms with Crippen LogP contribution in [0.2, 0.25) is 0 Å². The summed E-state index contributed by atoms with van der Waals surface area (Å²) in [5, 5.41) is 8.90. The zero-order chi connectivity index (χ0) is 12.3. The van der Waals surface area contributed by atoms with E-state index in [1.165, 1.54) is 7.11 Å². The van der Waals surface area contributed by atoms with Gasteiger partial charge in [0.2, 0.25) is 0 Å². The van der Waals surface area contributed by atoms with Crippen LogP contribution in [-0.4, -0.2) is 18.2 Å². The molecule has 1 aromatic rings. The topological polar surface area (TPSA) is 72.5 Å². The summed E-state index contributed by atoms with van der Waals surface area (Å²) < 4.78 is 5.11. The van der Waals surface area contributed by atoms with Crippen LogP contribution in [0, 0.1) is 0 Å². The third kappa shape index (κ3) is 2.52. The van der Waals surface area contributed by atoms with Gasteiger partial charge < -0.3 is 15.6 Å². The highest BCUT2D eigenvalue weighted by Gasteiger charge is 2.19. The van der Waals surface area contributed by atoms with Gasteiger partial charge in [0.15, 0.2) is 0 Å². The van der Waals surface area contributed by atoms with Gasteiger partial charge in [0, 0.05) is 5.56 Å². The Morgan fingerprint density at radius 3 is 2.50 bits per heavy atom. The van der Waals surface area contributed by atoms with E-state index in [1.807, 2.05) is 19.9 Å². The number of methoxy groups -OCH3 is 1. The standard InChI is InChI=1S/C12H17NO3/c1-7(2)8-4-5-10(16-3)9(6-8)11(13)12(14)15/h4-7,11H,13H2,1-3H3,(H,14,15). The van der Waals surface area contributed by atoms with Crippen LogP contribution in [0.15, 0.2) is 18.2 Å². The average Bonchev–Trinajstić information content (AvgIpc) is 2.26. The Kier molecular flexibility index (Phi) is 3.90.